The van der Waals surface area contributed by atoms with Crippen LogP contribution in [0.1, 0.15) is 21.9 Å². The van der Waals surface area contributed by atoms with Crippen LogP contribution >= 0.6 is 11.6 Å². The molecule has 2 aromatic carbocycles. The summed E-state index contributed by atoms with van der Waals surface area (Å²) in [6.07, 6.45) is -4.54. The largest absolute Gasteiger partial charge is 0.416 e. The van der Waals surface area contributed by atoms with Crippen LogP contribution in [0.3, 0.4) is 0 Å². The van der Waals surface area contributed by atoms with E-state index in [0.29, 0.717) is 5.69 Å². The van der Waals surface area contributed by atoms with Gasteiger partial charge in [0.1, 0.15) is 11.3 Å². The van der Waals surface area contributed by atoms with E-state index in [0.717, 1.165) is 12.1 Å². The van der Waals surface area contributed by atoms with Crippen molar-refractivity contribution in [2.45, 2.75) is 24.0 Å². The van der Waals surface area contributed by atoms with E-state index in [1.807, 2.05) is 0 Å². The number of nitrogens with two attached hydrogens (primary N) is 1. The molecule has 0 aromatic heterocycles. The summed E-state index contributed by atoms with van der Waals surface area (Å²) in [5.41, 5.74) is 5.20. The van der Waals surface area contributed by atoms with Gasteiger partial charge in [0, 0.05) is 17.3 Å². The van der Waals surface area contributed by atoms with Gasteiger partial charge in [-0.15, -0.1) is 0 Å². The van der Waals surface area contributed by atoms with E-state index in [9.17, 15) is 26.4 Å². The molecule has 0 saturated heterocycles. The van der Waals surface area contributed by atoms with Gasteiger partial charge in [0.15, 0.2) is 0 Å². The maximum absolute atomic E-state index is 12.9. The number of carbonyl (C=O) groups excluding carboxylic acids is 1. The molecule has 0 aliphatic carbocycles. The van der Waals surface area contributed by atoms with E-state index in [2.05, 4.69) is 10.0 Å². The smallest absolute Gasteiger partial charge is 0.372 e. The fourth-order valence-corrected chi connectivity index (χ4v) is 4.84. The maximum Gasteiger partial charge on any atom is 0.416 e. The topological polar surface area (TPSA) is 101 Å². The first-order valence-electron chi connectivity index (χ1n) is 7.99. The summed E-state index contributed by atoms with van der Waals surface area (Å²) < 4.78 is 66.4. The Labute approximate surface area is 163 Å². The van der Waals surface area contributed by atoms with E-state index in [-0.39, 0.29) is 22.7 Å². The molecule has 2 aromatic rings. The number of rotatable bonds is 5. The lowest BCUT2D eigenvalue weighted by atomic mass is 10.1. The lowest BCUT2D eigenvalue weighted by Crippen LogP contribution is -2.42. The molecule has 0 radical (unpaired) electrons. The number of sulfonamides is 1. The number of carbonyl (C=O) groups is 1. The number of hydrogen-bond acceptors (Lipinski definition) is 4. The maximum atomic E-state index is 12.9. The van der Waals surface area contributed by atoms with Crippen molar-refractivity contribution in [3.05, 3.63) is 64.2 Å². The molecule has 0 spiro atoms. The Morgan fingerprint density at radius 1 is 1.21 bits per heavy atom. The van der Waals surface area contributed by atoms with Crippen LogP contribution in [0.15, 0.2) is 42.5 Å². The van der Waals surface area contributed by atoms with Crippen molar-refractivity contribution in [2.75, 3.05) is 5.32 Å². The molecule has 0 saturated carbocycles. The molecule has 28 heavy (non-hydrogen) atoms. The van der Waals surface area contributed by atoms with Crippen LogP contribution in [0.5, 0.6) is 0 Å². The molecule has 0 fully saturated rings. The molecule has 11 heteroatoms. The minimum atomic E-state index is -4.54. The molecule has 0 bridgehead atoms. The van der Waals surface area contributed by atoms with Crippen molar-refractivity contribution in [1.82, 2.24) is 4.72 Å². The molecule has 2 atom stereocenters. The Morgan fingerprint density at radius 2 is 1.93 bits per heavy atom. The third-order valence-corrected chi connectivity index (χ3v) is 6.28. The van der Waals surface area contributed by atoms with Crippen LogP contribution in [-0.4, -0.2) is 20.4 Å². The molecule has 2 unspecified atom stereocenters. The molecule has 4 N–H and O–H groups in total. The van der Waals surface area contributed by atoms with Gasteiger partial charge in [-0.3, -0.25) is 4.79 Å². The predicted octanol–water partition coefficient (Wildman–Crippen LogP) is 2.80. The second-order valence-corrected chi connectivity index (χ2v) is 8.56. The van der Waals surface area contributed by atoms with Gasteiger partial charge in [0.25, 0.3) is 0 Å². The Balaban J connectivity index is 1.88. The fraction of sp³-hybridized carbons (Fsp3) is 0.235. The van der Waals surface area contributed by atoms with Gasteiger partial charge in [-0.05, 0) is 35.4 Å². The molecule has 1 heterocycles. The van der Waals surface area contributed by atoms with E-state index < -0.39 is 39.0 Å². The lowest BCUT2D eigenvalue weighted by Gasteiger charge is -2.19. The van der Waals surface area contributed by atoms with E-state index in [1.165, 1.54) is 30.3 Å². The highest BCUT2D eigenvalue weighted by Gasteiger charge is 2.44. The van der Waals surface area contributed by atoms with Crippen LogP contribution in [0.2, 0.25) is 5.02 Å². The zero-order chi connectivity index (χ0) is 20.7. The highest BCUT2D eigenvalue weighted by molar-refractivity contribution is 7.89. The minimum absolute atomic E-state index is 0.117. The number of amides is 1. The highest BCUT2D eigenvalue weighted by Crippen LogP contribution is 2.40. The summed E-state index contributed by atoms with van der Waals surface area (Å²) in [7, 11) is -4.18. The van der Waals surface area contributed by atoms with Crippen molar-refractivity contribution in [1.29, 1.82) is 0 Å². The zero-order valence-corrected chi connectivity index (χ0v) is 15.7. The number of primary amides is 1. The summed E-state index contributed by atoms with van der Waals surface area (Å²) in [6, 6.07) is 7.50. The number of halogens is 4. The normalized spacial score (nSPS) is 19.1. The van der Waals surface area contributed by atoms with Gasteiger partial charge in [-0.2, -0.15) is 13.2 Å². The number of alkyl halides is 3. The molecule has 1 amide bonds. The molecule has 1 aliphatic rings. The summed E-state index contributed by atoms with van der Waals surface area (Å²) in [6.45, 7) is -0.385. The quantitative estimate of drug-likeness (QED) is 0.674. The van der Waals surface area contributed by atoms with Gasteiger partial charge in [0.2, 0.25) is 15.9 Å². The Morgan fingerprint density at radius 3 is 2.57 bits per heavy atom. The Bertz CT molecular complexity index is 1030. The summed E-state index contributed by atoms with van der Waals surface area (Å²) in [4.78, 5) is 11.8. The van der Waals surface area contributed by atoms with Crippen LogP contribution in [-0.2, 0) is 27.5 Å². The first-order chi connectivity index (χ1) is 13.0. The molecular formula is C17H15ClF3N3O3S. The van der Waals surface area contributed by atoms with Gasteiger partial charge < -0.3 is 11.1 Å². The highest BCUT2D eigenvalue weighted by atomic mass is 35.5. The van der Waals surface area contributed by atoms with Gasteiger partial charge in [0.05, 0.1) is 5.56 Å². The number of nitrogens with one attached hydrogen (secondary N) is 2. The molecule has 3 rings (SSSR count). The predicted molar refractivity (Wildman–Crippen MR) is 98.0 cm³/mol. The van der Waals surface area contributed by atoms with E-state index in [1.54, 1.807) is 0 Å². The second-order valence-electron chi connectivity index (χ2n) is 6.24. The van der Waals surface area contributed by atoms with Crippen molar-refractivity contribution in [3.8, 4) is 0 Å². The van der Waals surface area contributed by atoms with Crippen LogP contribution in [0.4, 0.5) is 18.9 Å². The van der Waals surface area contributed by atoms with Gasteiger partial charge >= 0.3 is 6.18 Å². The lowest BCUT2D eigenvalue weighted by molar-refractivity contribution is -0.137. The van der Waals surface area contributed by atoms with E-state index in [4.69, 9.17) is 17.3 Å². The standard InChI is InChI=1S/C17H15ClF3N3O3S/c18-11-4-5-13-12(7-11)15(14(24-13)16(22)25)28(26,27)23-8-9-2-1-3-10(6-9)17(19,20)21/h1-7,14-15,23-24H,8H2,(H2,22,25). The SMILES string of the molecule is NC(=O)C1Nc2ccc(Cl)cc2C1S(=O)(=O)NCc1cccc(C(F)(F)F)c1. The third kappa shape index (κ3) is 4.08. The van der Waals surface area contributed by atoms with Crippen molar-refractivity contribution >= 4 is 33.2 Å². The first-order valence-corrected chi connectivity index (χ1v) is 9.91. The molecule has 1 aliphatic heterocycles. The van der Waals surface area contributed by atoms with Crippen molar-refractivity contribution in [2.24, 2.45) is 5.73 Å². The molecule has 150 valence electrons. The summed E-state index contributed by atoms with van der Waals surface area (Å²) >= 11 is 5.93. The fourth-order valence-electron chi connectivity index (χ4n) is 3.02. The Hall–Kier alpha value is -2.30. The van der Waals surface area contributed by atoms with Crippen LogP contribution < -0.4 is 15.8 Å². The van der Waals surface area contributed by atoms with E-state index >= 15 is 0 Å². The second kappa shape index (κ2) is 7.26. The minimum Gasteiger partial charge on any atom is -0.372 e. The number of fused-ring (bicyclic) bond motifs is 1. The zero-order valence-electron chi connectivity index (χ0n) is 14.1. The van der Waals surface area contributed by atoms with Gasteiger partial charge in [-0.25, -0.2) is 13.1 Å². The molecule has 6 nitrogen and oxygen atoms in total. The average Bonchev–Trinajstić information content (AvgIpc) is 2.99. The van der Waals surface area contributed by atoms with Crippen LogP contribution in [0.25, 0.3) is 0 Å². The number of benzene rings is 2. The third-order valence-electron chi connectivity index (χ3n) is 4.31. The van der Waals surface area contributed by atoms with Crippen molar-refractivity contribution < 1.29 is 26.4 Å². The monoisotopic (exact) mass is 433 g/mol. The number of anilines is 1. The van der Waals surface area contributed by atoms with Crippen LogP contribution in [0, 0.1) is 0 Å². The van der Waals surface area contributed by atoms with Crippen molar-refractivity contribution in [3.63, 3.8) is 0 Å². The summed E-state index contributed by atoms with van der Waals surface area (Å²) in [5.74, 6) is -0.887. The first kappa shape index (κ1) is 20.4. The Kier molecular flexibility index (Phi) is 5.30. The van der Waals surface area contributed by atoms with Gasteiger partial charge in [-0.1, -0.05) is 29.8 Å². The molecular weight excluding hydrogens is 419 g/mol. The average molecular weight is 434 g/mol. The number of hydrogen-bond donors (Lipinski definition) is 3. The summed E-state index contributed by atoms with van der Waals surface area (Å²) in [5, 5.41) is 1.64.